The van der Waals surface area contributed by atoms with Gasteiger partial charge in [0.1, 0.15) is 5.82 Å². The average molecular weight is 399 g/mol. The first-order chi connectivity index (χ1) is 12.1. The van der Waals surface area contributed by atoms with E-state index in [0.29, 0.717) is 41.9 Å². The first kappa shape index (κ1) is 18.4. The van der Waals surface area contributed by atoms with Crippen LogP contribution in [0.2, 0.25) is 10.0 Å². The molecule has 0 radical (unpaired) electrons. The summed E-state index contributed by atoms with van der Waals surface area (Å²) >= 11 is 13.6. The molecule has 7 heteroatoms. The smallest absolute Gasteiger partial charge is 0.233 e. The number of thioether (sulfide) groups is 1. The molecule has 1 saturated heterocycles. The van der Waals surface area contributed by atoms with Crippen molar-refractivity contribution >= 4 is 46.6 Å². The number of carbonyl (C=O) groups is 1. The number of carbonyl (C=O) groups excluding carboxylic acids is 1. The van der Waals surface area contributed by atoms with Gasteiger partial charge in [-0.1, -0.05) is 41.4 Å². The van der Waals surface area contributed by atoms with E-state index in [2.05, 4.69) is 0 Å². The zero-order valence-electron chi connectivity index (χ0n) is 13.4. The summed E-state index contributed by atoms with van der Waals surface area (Å²) in [5.74, 6) is 0.0868. The van der Waals surface area contributed by atoms with Crippen LogP contribution in [0.15, 0.2) is 47.4 Å². The summed E-state index contributed by atoms with van der Waals surface area (Å²) in [6, 6.07) is 12.0. The maximum Gasteiger partial charge on any atom is 0.233 e. The predicted molar refractivity (Wildman–Crippen MR) is 102 cm³/mol. The Morgan fingerprint density at radius 1 is 1.00 bits per heavy atom. The highest BCUT2D eigenvalue weighted by Gasteiger charge is 2.23. The summed E-state index contributed by atoms with van der Waals surface area (Å²) in [6.45, 7) is 2.38. The number of amides is 1. The molecular weight excluding hydrogens is 382 g/mol. The number of piperazine rings is 1. The quantitative estimate of drug-likeness (QED) is 0.704. The Morgan fingerprint density at radius 3 is 2.28 bits per heavy atom. The van der Waals surface area contributed by atoms with E-state index >= 15 is 0 Å². The van der Waals surface area contributed by atoms with Crippen LogP contribution in [0.1, 0.15) is 0 Å². The van der Waals surface area contributed by atoms with Gasteiger partial charge in [0.15, 0.2) is 0 Å². The van der Waals surface area contributed by atoms with E-state index in [1.807, 2.05) is 11.0 Å². The van der Waals surface area contributed by atoms with Crippen molar-refractivity contribution in [1.29, 1.82) is 0 Å². The summed E-state index contributed by atoms with van der Waals surface area (Å²) in [7, 11) is 0. The Balaban J connectivity index is 1.54. The molecule has 0 N–H and O–H groups in total. The van der Waals surface area contributed by atoms with Gasteiger partial charge in [0, 0.05) is 31.1 Å². The van der Waals surface area contributed by atoms with Gasteiger partial charge < -0.3 is 9.80 Å². The van der Waals surface area contributed by atoms with Crippen molar-refractivity contribution < 1.29 is 9.18 Å². The molecule has 0 aromatic heterocycles. The molecule has 1 heterocycles. The summed E-state index contributed by atoms with van der Waals surface area (Å²) in [5, 5.41) is 1.10. The van der Waals surface area contributed by atoms with Gasteiger partial charge in [0.2, 0.25) is 5.91 Å². The molecular formula is C18H17Cl2FN2OS. The van der Waals surface area contributed by atoms with Crippen LogP contribution >= 0.6 is 35.0 Å². The minimum atomic E-state index is -0.230. The SMILES string of the molecule is O=C(CSc1c(Cl)cccc1Cl)N1CCN(c2ccccc2F)CC1. The fourth-order valence-corrected chi connectivity index (χ4v) is 4.34. The number of anilines is 1. The molecule has 3 rings (SSSR count). The molecule has 0 atom stereocenters. The topological polar surface area (TPSA) is 23.6 Å². The standard InChI is InChI=1S/C18H17Cl2FN2OS/c19-13-4-3-5-14(20)18(13)25-12-17(24)23-10-8-22(9-11-23)16-7-2-1-6-15(16)21/h1-7H,8-12H2. The van der Waals surface area contributed by atoms with Crippen LogP contribution in [-0.2, 0) is 4.79 Å². The molecule has 1 amide bonds. The third kappa shape index (κ3) is 4.40. The number of benzene rings is 2. The van der Waals surface area contributed by atoms with Crippen LogP contribution in [-0.4, -0.2) is 42.7 Å². The maximum atomic E-state index is 13.9. The third-order valence-electron chi connectivity index (χ3n) is 4.08. The molecule has 25 heavy (non-hydrogen) atoms. The summed E-state index contributed by atoms with van der Waals surface area (Å²) < 4.78 is 13.9. The Bertz CT molecular complexity index is 746. The summed E-state index contributed by atoms with van der Waals surface area (Å²) in [5.41, 5.74) is 0.590. The highest BCUT2D eigenvalue weighted by molar-refractivity contribution is 8.00. The van der Waals surface area contributed by atoms with Crippen molar-refractivity contribution in [2.24, 2.45) is 0 Å². The molecule has 1 aliphatic rings. The highest BCUT2D eigenvalue weighted by Crippen LogP contribution is 2.34. The number of halogens is 3. The van der Waals surface area contributed by atoms with E-state index in [-0.39, 0.29) is 17.5 Å². The van der Waals surface area contributed by atoms with Crippen LogP contribution in [0.4, 0.5) is 10.1 Å². The van der Waals surface area contributed by atoms with Crippen LogP contribution in [0.3, 0.4) is 0 Å². The first-order valence-electron chi connectivity index (χ1n) is 7.90. The molecule has 0 bridgehead atoms. The lowest BCUT2D eigenvalue weighted by molar-refractivity contribution is -0.128. The van der Waals surface area contributed by atoms with Gasteiger partial charge in [-0.25, -0.2) is 4.39 Å². The molecule has 1 fully saturated rings. The van der Waals surface area contributed by atoms with E-state index in [9.17, 15) is 9.18 Å². The lowest BCUT2D eigenvalue weighted by Crippen LogP contribution is -2.49. The fraction of sp³-hybridized carbons (Fsp3) is 0.278. The first-order valence-corrected chi connectivity index (χ1v) is 9.64. The largest absolute Gasteiger partial charge is 0.366 e. The van der Waals surface area contributed by atoms with Gasteiger partial charge in [-0.2, -0.15) is 0 Å². The minimum absolute atomic E-state index is 0.0363. The molecule has 0 unspecified atom stereocenters. The lowest BCUT2D eigenvalue weighted by atomic mass is 10.2. The Kier molecular flexibility index (Phi) is 6.10. The molecule has 1 aliphatic heterocycles. The second-order valence-electron chi connectivity index (χ2n) is 5.66. The van der Waals surface area contributed by atoms with E-state index in [1.165, 1.54) is 17.8 Å². The van der Waals surface area contributed by atoms with Crippen molar-refractivity contribution in [3.63, 3.8) is 0 Å². The number of hydrogen-bond donors (Lipinski definition) is 0. The maximum absolute atomic E-state index is 13.9. The third-order valence-corrected chi connectivity index (χ3v) is 6.06. The van der Waals surface area contributed by atoms with Gasteiger partial charge in [-0.15, -0.1) is 11.8 Å². The zero-order valence-corrected chi connectivity index (χ0v) is 15.8. The Hall–Kier alpha value is -1.43. The van der Waals surface area contributed by atoms with Gasteiger partial charge in [-0.05, 0) is 24.3 Å². The van der Waals surface area contributed by atoms with Gasteiger partial charge >= 0.3 is 0 Å². The van der Waals surface area contributed by atoms with Crippen molar-refractivity contribution in [3.05, 3.63) is 58.3 Å². The highest BCUT2D eigenvalue weighted by atomic mass is 35.5. The van der Waals surface area contributed by atoms with Gasteiger partial charge in [-0.3, -0.25) is 4.79 Å². The van der Waals surface area contributed by atoms with Crippen LogP contribution in [0.5, 0.6) is 0 Å². The molecule has 0 saturated carbocycles. The van der Waals surface area contributed by atoms with Crippen LogP contribution in [0.25, 0.3) is 0 Å². The second kappa shape index (κ2) is 8.30. The van der Waals surface area contributed by atoms with Crippen molar-refractivity contribution in [2.45, 2.75) is 4.90 Å². The van der Waals surface area contributed by atoms with Crippen molar-refractivity contribution in [1.82, 2.24) is 4.90 Å². The van der Waals surface area contributed by atoms with Crippen LogP contribution < -0.4 is 4.90 Å². The normalized spacial score (nSPS) is 14.7. The second-order valence-corrected chi connectivity index (χ2v) is 7.46. The number of para-hydroxylation sites is 1. The molecule has 2 aromatic rings. The Labute approximate surface area is 160 Å². The van der Waals surface area contributed by atoms with E-state index in [4.69, 9.17) is 23.2 Å². The average Bonchev–Trinajstić information content (AvgIpc) is 2.62. The molecule has 2 aromatic carbocycles. The minimum Gasteiger partial charge on any atom is -0.366 e. The number of rotatable bonds is 4. The number of nitrogens with zero attached hydrogens (tertiary/aromatic N) is 2. The van der Waals surface area contributed by atoms with E-state index in [0.717, 1.165) is 4.90 Å². The molecule has 132 valence electrons. The molecule has 0 spiro atoms. The monoisotopic (exact) mass is 398 g/mol. The number of hydrogen-bond acceptors (Lipinski definition) is 3. The van der Waals surface area contributed by atoms with Gasteiger partial charge in [0.05, 0.1) is 21.5 Å². The predicted octanol–water partition coefficient (Wildman–Crippen LogP) is 4.57. The summed E-state index contributed by atoms with van der Waals surface area (Å²) in [6.07, 6.45) is 0. The molecule has 3 nitrogen and oxygen atoms in total. The van der Waals surface area contributed by atoms with Crippen molar-refractivity contribution in [2.75, 3.05) is 36.8 Å². The molecule has 0 aliphatic carbocycles. The van der Waals surface area contributed by atoms with E-state index in [1.54, 1.807) is 35.2 Å². The summed E-state index contributed by atoms with van der Waals surface area (Å²) in [4.78, 5) is 16.9. The van der Waals surface area contributed by atoms with Crippen molar-refractivity contribution in [3.8, 4) is 0 Å². The van der Waals surface area contributed by atoms with Crippen LogP contribution in [0, 0.1) is 5.82 Å². The lowest BCUT2D eigenvalue weighted by Gasteiger charge is -2.36. The van der Waals surface area contributed by atoms with Gasteiger partial charge in [0.25, 0.3) is 0 Å². The Morgan fingerprint density at radius 2 is 1.64 bits per heavy atom. The fourth-order valence-electron chi connectivity index (χ4n) is 2.75. The zero-order chi connectivity index (χ0) is 17.8. The van der Waals surface area contributed by atoms with E-state index < -0.39 is 0 Å².